The van der Waals surface area contributed by atoms with Crippen LogP contribution in [0.3, 0.4) is 0 Å². The highest BCUT2D eigenvalue weighted by Gasteiger charge is 2.20. The highest BCUT2D eigenvalue weighted by Crippen LogP contribution is 2.28. The third kappa shape index (κ3) is 2.93. The summed E-state index contributed by atoms with van der Waals surface area (Å²) in [5, 5.41) is 9.51. The molecule has 4 heteroatoms. The summed E-state index contributed by atoms with van der Waals surface area (Å²) in [5.74, 6) is 0. The van der Waals surface area contributed by atoms with E-state index in [0.29, 0.717) is 5.56 Å². The molecule has 18 heavy (non-hydrogen) atoms. The van der Waals surface area contributed by atoms with E-state index in [2.05, 4.69) is 20.8 Å². The molecular formula is C14H18BrNO2. The molecule has 1 aromatic carbocycles. The van der Waals surface area contributed by atoms with E-state index in [-0.39, 0.29) is 12.6 Å². The van der Waals surface area contributed by atoms with Gasteiger partial charge in [-0.2, -0.15) is 0 Å². The lowest BCUT2D eigenvalue weighted by atomic mass is 10.1. The van der Waals surface area contributed by atoms with Gasteiger partial charge in [-0.25, -0.2) is 0 Å². The largest absolute Gasteiger partial charge is 0.394 e. The molecule has 1 aliphatic heterocycles. The van der Waals surface area contributed by atoms with E-state index in [9.17, 15) is 9.90 Å². The van der Waals surface area contributed by atoms with Gasteiger partial charge >= 0.3 is 0 Å². The van der Waals surface area contributed by atoms with Crippen molar-refractivity contribution >= 4 is 27.9 Å². The molecule has 0 bridgehead atoms. The van der Waals surface area contributed by atoms with Gasteiger partial charge < -0.3 is 10.0 Å². The second-order valence-corrected chi connectivity index (χ2v) is 5.56. The molecule has 1 unspecified atom stereocenters. The molecule has 3 nitrogen and oxygen atoms in total. The zero-order valence-corrected chi connectivity index (χ0v) is 11.9. The van der Waals surface area contributed by atoms with Gasteiger partial charge in [0.15, 0.2) is 6.29 Å². The number of rotatable bonds is 3. The fraction of sp³-hybridized carbons (Fsp3) is 0.500. The van der Waals surface area contributed by atoms with Crippen LogP contribution in [0.2, 0.25) is 0 Å². The fourth-order valence-electron chi connectivity index (χ4n) is 2.50. The van der Waals surface area contributed by atoms with Gasteiger partial charge in [-0.15, -0.1) is 0 Å². The number of hydrogen-bond donors (Lipinski definition) is 1. The van der Waals surface area contributed by atoms with Crippen molar-refractivity contribution in [1.29, 1.82) is 0 Å². The normalized spacial score (nSPS) is 20.6. The second kappa shape index (κ2) is 6.34. The molecule has 98 valence electrons. The van der Waals surface area contributed by atoms with Crippen molar-refractivity contribution < 1.29 is 9.90 Å². The summed E-state index contributed by atoms with van der Waals surface area (Å²) in [4.78, 5) is 13.1. The summed E-state index contributed by atoms with van der Waals surface area (Å²) in [5.41, 5.74) is 1.74. The number of aliphatic hydroxyl groups is 1. The number of aliphatic hydroxyl groups excluding tert-OH is 1. The lowest BCUT2D eigenvalue weighted by molar-refractivity contribution is 0.112. The van der Waals surface area contributed by atoms with Crippen LogP contribution in [0.5, 0.6) is 0 Å². The maximum absolute atomic E-state index is 10.8. The van der Waals surface area contributed by atoms with Crippen LogP contribution in [0.1, 0.15) is 36.0 Å². The van der Waals surface area contributed by atoms with Crippen molar-refractivity contribution in [3.05, 3.63) is 28.2 Å². The molecule has 0 aromatic heterocycles. The molecule has 1 aliphatic rings. The topological polar surface area (TPSA) is 40.5 Å². The van der Waals surface area contributed by atoms with Gasteiger partial charge in [0.2, 0.25) is 0 Å². The molecule has 1 aromatic rings. The monoisotopic (exact) mass is 311 g/mol. The molecule has 0 amide bonds. The minimum absolute atomic E-state index is 0.188. The first kappa shape index (κ1) is 13.6. The Labute approximate surface area is 116 Å². The van der Waals surface area contributed by atoms with Crippen molar-refractivity contribution in [3.63, 3.8) is 0 Å². The lowest BCUT2D eigenvalue weighted by Gasteiger charge is -2.31. The van der Waals surface area contributed by atoms with E-state index in [1.54, 1.807) is 0 Å². The van der Waals surface area contributed by atoms with E-state index in [1.165, 1.54) is 12.8 Å². The third-order valence-corrected chi connectivity index (χ3v) is 4.22. The first-order chi connectivity index (χ1) is 8.76. The molecule has 0 radical (unpaired) electrons. The molecular weight excluding hydrogens is 294 g/mol. The molecule has 1 heterocycles. The van der Waals surface area contributed by atoms with E-state index >= 15 is 0 Å². The zero-order valence-electron chi connectivity index (χ0n) is 10.3. The van der Waals surface area contributed by atoms with Crippen LogP contribution in [-0.2, 0) is 0 Å². The third-order valence-electron chi connectivity index (χ3n) is 3.53. The van der Waals surface area contributed by atoms with Crippen LogP contribution < -0.4 is 4.90 Å². The van der Waals surface area contributed by atoms with E-state index in [4.69, 9.17) is 0 Å². The van der Waals surface area contributed by atoms with Crippen LogP contribution >= 0.6 is 15.9 Å². The van der Waals surface area contributed by atoms with Gasteiger partial charge in [-0.05, 0) is 47.0 Å². The Morgan fingerprint density at radius 3 is 2.89 bits per heavy atom. The summed E-state index contributed by atoms with van der Waals surface area (Å²) < 4.78 is 0.816. The van der Waals surface area contributed by atoms with Crippen LogP contribution in [0.4, 0.5) is 5.69 Å². The van der Waals surface area contributed by atoms with E-state index in [0.717, 1.165) is 35.8 Å². The minimum Gasteiger partial charge on any atom is -0.394 e. The Morgan fingerprint density at radius 2 is 2.22 bits per heavy atom. The molecule has 1 saturated heterocycles. The summed E-state index contributed by atoms with van der Waals surface area (Å²) in [6, 6.07) is 5.95. The van der Waals surface area contributed by atoms with Gasteiger partial charge in [0, 0.05) is 22.3 Å². The molecule has 2 rings (SSSR count). The van der Waals surface area contributed by atoms with Gasteiger partial charge in [0.05, 0.1) is 12.6 Å². The quantitative estimate of drug-likeness (QED) is 0.872. The zero-order chi connectivity index (χ0) is 13.0. The van der Waals surface area contributed by atoms with Crippen molar-refractivity contribution in [2.75, 3.05) is 18.1 Å². The number of aldehydes is 1. The number of carbonyl (C=O) groups excluding carboxylic acids is 1. The number of nitrogens with zero attached hydrogens (tertiary/aromatic N) is 1. The highest BCUT2D eigenvalue weighted by molar-refractivity contribution is 9.10. The summed E-state index contributed by atoms with van der Waals surface area (Å²) >= 11 is 3.41. The maximum atomic E-state index is 10.8. The van der Waals surface area contributed by atoms with Crippen LogP contribution in [0.15, 0.2) is 22.7 Å². The molecule has 1 fully saturated rings. The minimum atomic E-state index is 0.188. The van der Waals surface area contributed by atoms with Crippen LogP contribution in [0, 0.1) is 0 Å². The van der Waals surface area contributed by atoms with Crippen LogP contribution in [0.25, 0.3) is 0 Å². The Balaban J connectivity index is 2.27. The summed E-state index contributed by atoms with van der Waals surface area (Å²) in [7, 11) is 0. The predicted molar refractivity (Wildman–Crippen MR) is 76.2 cm³/mol. The average molecular weight is 312 g/mol. The average Bonchev–Trinajstić information content (AvgIpc) is 2.63. The van der Waals surface area contributed by atoms with Crippen molar-refractivity contribution in [2.45, 2.75) is 31.7 Å². The Morgan fingerprint density at radius 1 is 1.39 bits per heavy atom. The SMILES string of the molecule is O=Cc1ccc(N2CCCCCC2CO)cc1Br. The first-order valence-corrected chi connectivity index (χ1v) is 7.18. The van der Waals surface area contributed by atoms with Crippen molar-refractivity contribution in [1.82, 2.24) is 0 Å². The van der Waals surface area contributed by atoms with Gasteiger partial charge in [0.1, 0.15) is 0 Å². The fourth-order valence-corrected chi connectivity index (χ4v) is 2.96. The number of hydrogen-bond acceptors (Lipinski definition) is 3. The smallest absolute Gasteiger partial charge is 0.151 e. The Bertz CT molecular complexity index is 422. The number of carbonyl (C=O) groups is 1. The second-order valence-electron chi connectivity index (χ2n) is 4.70. The number of anilines is 1. The molecule has 0 spiro atoms. The van der Waals surface area contributed by atoms with Gasteiger partial charge in [0.25, 0.3) is 0 Å². The number of benzene rings is 1. The molecule has 1 N–H and O–H groups in total. The predicted octanol–water partition coefficient (Wildman–Crippen LogP) is 3.00. The van der Waals surface area contributed by atoms with Crippen molar-refractivity contribution in [2.24, 2.45) is 0 Å². The summed E-state index contributed by atoms with van der Waals surface area (Å²) in [6.45, 7) is 1.16. The standard InChI is InChI=1S/C14H18BrNO2/c15-14-8-12(6-5-11(14)9-17)16-7-3-1-2-4-13(16)10-18/h5-6,8-9,13,18H,1-4,7,10H2. The molecule has 0 aliphatic carbocycles. The Kier molecular flexibility index (Phi) is 4.78. The lowest BCUT2D eigenvalue weighted by Crippen LogP contribution is -2.37. The van der Waals surface area contributed by atoms with Crippen LogP contribution in [-0.4, -0.2) is 30.6 Å². The van der Waals surface area contributed by atoms with Crippen molar-refractivity contribution in [3.8, 4) is 0 Å². The first-order valence-electron chi connectivity index (χ1n) is 6.38. The molecule has 0 saturated carbocycles. The van der Waals surface area contributed by atoms with E-state index in [1.807, 2.05) is 18.2 Å². The number of halogens is 1. The Hall–Kier alpha value is -0.870. The van der Waals surface area contributed by atoms with Gasteiger partial charge in [-0.1, -0.05) is 12.8 Å². The summed E-state index contributed by atoms with van der Waals surface area (Å²) in [6.07, 6.45) is 5.43. The van der Waals surface area contributed by atoms with E-state index < -0.39 is 0 Å². The highest BCUT2D eigenvalue weighted by atomic mass is 79.9. The molecule has 1 atom stereocenters. The van der Waals surface area contributed by atoms with Gasteiger partial charge in [-0.3, -0.25) is 4.79 Å². The maximum Gasteiger partial charge on any atom is 0.151 e.